The molecule has 1 aliphatic carbocycles. The van der Waals surface area contributed by atoms with Crippen molar-refractivity contribution in [2.45, 2.75) is 44.4 Å². The first-order valence-electron chi connectivity index (χ1n) is 9.68. The van der Waals surface area contributed by atoms with Crippen LogP contribution in [0.2, 0.25) is 0 Å². The number of hydrogen-bond donors (Lipinski definition) is 1. The van der Waals surface area contributed by atoms with E-state index in [9.17, 15) is 9.59 Å². The summed E-state index contributed by atoms with van der Waals surface area (Å²) >= 11 is 0. The van der Waals surface area contributed by atoms with E-state index in [2.05, 4.69) is 5.32 Å². The fraction of sp³-hybridized carbons (Fsp3) is 0.429. The monoisotopic (exact) mass is 384 g/mol. The number of amides is 2. The number of hydrogen-bond acceptors (Lipinski definition) is 5. The van der Waals surface area contributed by atoms with Crippen LogP contribution in [-0.4, -0.2) is 42.0 Å². The Morgan fingerprint density at radius 2 is 1.86 bits per heavy atom. The lowest BCUT2D eigenvalue weighted by atomic mass is 10.2. The van der Waals surface area contributed by atoms with E-state index < -0.39 is 6.10 Å². The van der Waals surface area contributed by atoms with E-state index in [1.807, 2.05) is 12.1 Å². The molecule has 7 heteroatoms. The summed E-state index contributed by atoms with van der Waals surface area (Å²) in [6.45, 7) is 0.262. The molecule has 148 valence electrons. The smallest absolute Gasteiger partial charge is 0.268 e. The summed E-state index contributed by atoms with van der Waals surface area (Å²) in [7, 11) is 0. The number of furan rings is 1. The highest BCUT2D eigenvalue weighted by Gasteiger charge is 2.32. The zero-order chi connectivity index (χ0) is 19.3. The van der Waals surface area contributed by atoms with Crippen LogP contribution in [0.4, 0.5) is 0 Å². The molecular formula is C21H24N2O5. The Labute approximate surface area is 163 Å². The van der Waals surface area contributed by atoms with Crippen molar-refractivity contribution in [3.05, 3.63) is 48.4 Å². The third-order valence-electron chi connectivity index (χ3n) is 5.08. The highest BCUT2D eigenvalue weighted by molar-refractivity contribution is 5.87. The van der Waals surface area contributed by atoms with Crippen molar-refractivity contribution in [2.75, 3.05) is 13.2 Å². The molecule has 0 bridgehead atoms. The van der Waals surface area contributed by atoms with Crippen LogP contribution < -0.4 is 14.8 Å². The predicted octanol–water partition coefficient (Wildman–Crippen LogP) is 2.51. The van der Waals surface area contributed by atoms with Crippen LogP contribution in [0.15, 0.2) is 47.1 Å². The summed E-state index contributed by atoms with van der Waals surface area (Å²) in [6, 6.07) is 11.0. The van der Waals surface area contributed by atoms with Gasteiger partial charge in [-0.15, -0.1) is 0 Å². The highest BCUT2D eigenvalue weighted by Crippen LogP contribution is 2.31. The van der Waals surface area contributed by atoms with E-state index >= 15 is 0 Å². The standard InChI is InChI=1S/C21H24N2O5/c24-20(22-15-6-1-2-7-15)13-23(12-16-8-5-11-26-16)21(25)19-14-27-17-9-3-4-10-18(17)28-19/h3-5,8-11,15,19H,1-2,6-7,12-14H2,(H,22,24). The average Bonchev–Trinajstić information content (AvgIpc) is 3.41. The molecule has 1 aromatic heterocycles. The first-order valence-corrected chi connectivity index (χ1v) is 9.68. The van der Waals surface area contributed by atoms with Gasteiger partial charge in [0.1, 0.15) is 18.9 Å². The van der Waals surface area contributed by atoms with Crippen LogP contribution in [0.1, 0.15) is 31.4 Å². The van der Waals surface area contributed by atoms with Crippen molar-refractivity contribution in [3.63, 3.8) is 0 Å². The minimum absolute atomic E-state index is 0.0441. The summed E-state index contributed by atoms with van der Waals surface area (Å²) in [4.78, 5) is 27.1. The molecule has 0 saturated heterocycles. The summed E-state index contributed by atoms with van der Waals surface area (Å²) in [5.41, 5.74) is 0. The fourth-order valence-corrected chi connectivity index (χ4v) is 3.66. The van der Waals surface area contributed by atoms with Gasteiger partial charge < -0.3 is 24.1 Å². The van der Waals surface area contributed by atoms with Crippen LogP contribution >= 0.6 is 0 Å². The lowest BCUT2D eigenvalue weighted by Gasteiger charge is -2.30. The second-order valence-corrected chi connectivity index (χ2v) is 7.19. The number of para-hydroxylation sites is 2. The van der Waals surface area contributed by atoms with Gasteiger partial charge in [0.15, 0.2) is 11.5 Å². The number of rotatable bonds is 6. The van der Waals surface area contributed by atoms with E-state index in [-0.39, 0.29) is 37.6 Å². The zero-order valence-corrected chi connectivity index (χ0v) is 15.6. The molecule has 7 nitrogen and oxygen atoms in total. The minimum Gasteiger partial charge on any atom is -0.485 e. The maximum Gasteiger partial charge on any atom is 0.268 e. The molecule has 1 atom stereocenters. The Bertz CT molecular complexity index is 814. The summed E-state index contributed by atoms with van der Waals surface area (Å²) in [5.74, 6) is 1.29. The second-order valence-electron chi connectivity index (χ2n) is 7.19. The Morgan fingerprint density at radius 1 is 1.07 bits per heavy atom. The first kappa shape index (κ1) is 18.4. The lowest BCUT2D eigenvalue weighted by molar-refractivity contribution is -0.145. The summed E-state index contributed by atoms with van der Waals surface area (Å²) < 4.78 is 16.9. The second kappa shape index (κ2) is 8.37. The normalized spacial score (nSPS) is 18.6. The molecule has 2 aliphatic rings. The van der Waals surface area contributed by atoms with Crippen LogP contribution in [0.5, 0.6) is 11.5 Å². The fourth-order valence-electron chi connectivity index (χ4n) is 3.66. The number of carbonyl (C=O) groups is 2. The maximum atomic E-state index is 13.1. The molecule has 1 fully saturated rings. The zero-order valence-electron chi connectivity index (χ0n) is 15.6. The summed E-state index contributed by atoms with van der Waals surface area (Å²) in [6.07, 6.45) is 5.00. The Balaban J connectivity index is 1.44. The lowest BCUT2D eigenvalue weighted by Crippen LogP contribution is -2.50. The molecule has 28 heavy (non-hydrogen) atoms. The van der Waals surface area contributed by atoms with Gasteiger partial charge in [0, 0.05) is 6.04 Å². The topological polar surface area (TPSA) is 81.0 Å². The molecule has 1 unspecified atom stereocenters. The van der Waals surface area contributed by atoms with E-state index in [0.29, 0.717) is 17.3 Å². The van der Waals surface area contributed by atoms with Crippen molar-refractivity contribution in [3.8, 4) is 11.5 Å². The number of nitrogens with zero attached hydrogens (tertiary/aromatic N) is 1. The Kier molecular flexibility index (Phi) is 5.50. The number of carbonyl (C=O) groups excluding carboxylic acids is 2. The van der Waals surface area contributed by atoms with Crippen molar-refractivity contribution >= 4 is 11.8 Å². The maximum absolute atomic E-state index is 13.1. The van der Waals surface area contributed by atoms with Crippen molar-refractivity contribution in [1.82, 2.24) is 10.2 Å². The van der Waals surface area contributed by atoms with Crippen LogP contribution in [-0.2, 0) is 16.1 Å². The molecule has 2 aromatic rings. The molecule has 2 amide bonds. The third-order valence-corrected chi connectivity index (χ3v) is 5.08. The number of fused-ring (bicyclic) bond motifs is 1. The number of nitrogens with one attached hydrogen (secondary N) is 1. The molecule has 1 aromatic carbocycles. The average molecular weight is 384 g/mol. The van der Waals surface area contributed by atoms with Crippen molar-refractivity contribution < 1.29 is 23.5 Å². The first-order chi connectivity index (χ1) is 13.7. The molecule has 1 N–H and O–H groups in total. The van der Waals surface area contributed by atoms with Gasteiger partial charge in [-0.25, -0.2) is 0 Å². The Morgan fingerprint density at radius 3 is 2.61 bits per heavy atom. The summed E-state index contributed by atoms with van der Waals surface area (Å²) in [5, 5.41) is 3.03. The molecule has 4 rings (SSSR count). The van der Waals surface area contributed by atoms with E-state index in [4.69, 9.17) is 13.9 Å². The largest absolute Gasteiger partial charge is 0.485 e. The van der Waals surface area contributed by atoms with Crippen molar-refractivity contribution in [2.24, 2.45) is 0 Å². The van der Waals surface area contributed by atoms with Crippen molar-refractivity contribution in [1.29, 1.82) is 0 Å². The van der Waals surface area contributed by atoms with Gasteiger partial charge in [-0.3, -0.25) is 9.59 Å². The minimum atomic E-state index is -0.802. The van der Waals surface area contributed by atoms with Gasteiger partial charge in [0.05, 0.1) is 12.8 Å². The number of ether oxygens (including phenoxy) is 2. The van der Waals surface area contributed by atoms with Gasteiger partial charge in [-0.2, -0.15) is 0 Å². The third kappa shape index (κ3) is 4.30. The van der Waals surface area contributed by atoms with Gasteiger partial charge >= 0.3 is 0 Å². The van der Waals surface area contributed by atoms with Gasteiger partial charge in [0.25, 0.3) is 5.91 Å². The molecular weight excluding hydrogens is 360 g/mol. The van der Waals surface area contributed by atoms with Gasteiger partial charge in [0.2, 0.25) is 12.0 Å². The highest BCUT2D eigenvalue weighted by atomic mass is 16.6. The number of benzene rings is 1. The Hall–Kier alpha value is -2.96. The molecule has 0 radical (unpaired) electrons. The van der Waals surface area contributed by atoms with E-state index in [0.717, 1.165) is 25.7 Å². The van der Waals surface area contributed by atoms with Crippen LogP contribution in [0, 0.1) is 0 Å². The van der Waals surface area contributed by atoms with Crippen LogP contribution in [0.3, 0.4) is 0 Å². The van der Waals surface area contributed by atoms with E-state index in [1.165, 1.54) is 4.90 Å². The molecule has 2 heterocycles. The van der Waals surface area contributed by atoms with Crippen LogP contribution in [0.25, 0.3) is 0 Å². The molecule has 0 spiro atoms. The molecule has 1 aliphatic heterocycles. The SMILES string of the molecule is O=C(CN(Cc1ccco1)C(=O)C1COc2ccccc2O1)NC1CCCC1. The quantitative estimate of drug-likeness (QED) is 0.828. The van der Waals surface area contributed by atoms with Gasteiger partial charge in [-0.1, -0.05) is 25.0 Å². The van der Waals surface area contributed by atoms with E-state index in [1.54, 1.807) is 30.5 Å². The van der Waals surface area contributed by atoms with Gasteiger partial charge in [-0.05, 0) is 37.1 Å². The predicted molar refractivity (Wildman–Crippen MR) is 101 cm³/mol. The molecule has 1 saturated carbocycles.